The highest BCUT2D eigenvalue weighted by Crippen LogP contribution is 2.33. The van der Waals surface area contributed by atoms with Gasteiger partial charge in [0.25, 0.3) is 0 Å². The summed E-state index contributed by atoms with van der Waals surface area (Å²) in [7, 11) is 0. The lowest BCUT2D eigenvalue weighted by atomic mass is 9.94. The quantitative estimate of drug-likeness (QED) is 0.830. The van der Waals surface area contributed by atoms with Crippen molar-refractivity contribution in [2.45, 2.75) is 58.6 Å². The van der Waals surface area contributed by atoms with Crippen molar-refractivity contribution in [1.29, 1.82) is 0 Å². The van der Waals surface area contributed by atoms with Crippen LogP contribution in [0.15, 0.2) is 12.3 Å². The molecule has 0 radical (unpaired) electrons. The first-order chi connectivity index (χ1) is 7.65. The molecule has 0 spiro atoms. The normalized spacial score (nSPS) is 23.9. The summed E-state index contributed by atoms with van der Waals surface area (Å²) in [5.41, 5.74) is 2.54. The number of hydrogen-bond acceptors (Lipinski definition) is 1. The Kier molecular flexibility index (Phi) is 3.38. The average molecular weight is 221 g/mol. The Morgan fingerprint density at radius 1 is 1.50 bits per heavy atom. The highest BCUT2D eigenvalue weighted by Gasteiger charge is 2.24. The molecule has 1 aromatic rings. The standard InChI is InChI=1S/C14H23NO/c1-4-10(2)11(3)15-9-8-12-13(15)6-5-7-14(12)16/h8-11,14,16H,4-7H2,1-3H3. The number of rotatable bonds is 3. The van der Waals surface area contributed by atoms with Crippen LogP contribution in [0.3, 0.4) is 0 Å². The van der Waals surface area contributed by atoms with Gasteiger partial charge in [-0.15, -0.1) is 0 Å². The summed E-state index contributed by atoms with van der Waals surface area (Å²) in [6.07, 6.45) is 6.31. The van der Waals surface area contributed by atoms with Crippen molar-refractivity contribution in [2.24, 2.45) is 5.92 Å². The van der Waals surface area contributed by atoms with Crippen LogP contribution in [-0.4, -0.2) is 9.67 Å². The summed E-state index contributed by atoms with van der Waals surface area (Å²) in [4.78, 5) is 0. The van der Waals surface area contributed by atoms with Crippen molar-refractivity contribution < 1.29 is 5.11 Å². The van der Waals surface area contributed by atoms with E-state index in [1.54, 1.807) is 0 Å². The van der Waals surface area contributed by atoms with E-state index in [4.69, 9.17) is 0 Å². The van der Waals surface area contributed by atoms with Crippen LogP contribution < -0.4 is 0 Å². The topological polar surface area (TPSA) is 25.2 Å². The molecule has 16 heavy (non-hydrogen) atoms. The van der Waals surface area contributed by atoms with E-state index in [1.165, 1.54) is 17.7 Å². The number of aliphatic hydroxyl groups is 1. The van der Waals surface area contributed by atoms with Crippen LogP contribution in [-0.2, 0) is 6.42 Å². The van der Waals surface area contributed by atoms with Crippen molar-refractivity contribution in [2.75, 3.05) is 0 Å². The molecule has 2 rings (SSSR count). The second-order valence-electron chi connectivity index (χ2n) is 5.16. The van der Waals surface area contributed by atoms with Crippen molar-refractivity contribution in [3.8, 4) is 0 Å². The van der Waals surface area contributed by atoms with Gasteiger partial charge in [-0.1, -0.05) is 20.3 Å². The van der Waals surface area contributed by atoms with Gasteiger partial charge in [0, 0.05) is 23.5 Å². The van der Waals surface area contributed by atoms with Gasteiger partial charge in [-0.3, -0.25) is 0 Å². The highest BCUT2D eigenvalue weighted by molar-refractivity contribution is 5.27. The molecular weight excluding hydrogens is 198 g/mol. The van der Waals surface area contributed by atoms with Crippen LogP contribution in [0, 0.1) is 5.92 Å². The van der Waals surface area contributed by atoms with Crippen molar-refractivity contribution in [3.05, 3.63) is 23.5 Å². The van der Waals surface area contributed by atoms with Crippen LogP contribution in [0.2, 0.25) is 0 Å². The first-order valence-corrected chi connectivity index (χ1v) is 6.52. The van der Waals surface area contributed by atoms with Gasteiger partial charge >= 0.3 is 0 Å². The van der Waals surface area contributed by atoms with Crippen molar-refractivity contribution >= 4 is 0 Å². The molecule has 90 valence electrons. The van der Waals surface area contributed by atoms with Gasteiger partial charge in [-0.2, -0.15) is 0 Å². The zero-order valence-electron chi connectivity index (χ0n) is 10.6. The first-order valence-electron chi connectivity index (χ1n) is 6.52. The van der Waals surface area contributed by atoms with Crippen LogP contribution in [0.5, 0.6) is 0 Å². The van der Waals surface area contributed by atoms with E-state index >= 15 is 0 Å². The summed E-state index contributed by atoms with van der Waals surface area (Å²) in [6.45, 7) is 6.83. The van der Waals surface area contributed by atoms with Crippen LogP contribution >= 0.6 is 0 Å². The highest BCUT2D eigenvalue weighted by atomic mass is 16.3. The summed E-state index contributed by atoms with van der Waals surface area (Å²) in [5.74, 6) is 0.690. The third-order valence-electron chi connectivity index (χ3n) is 4.22. The van der Waals surface area contributed by atoms with E-state index in [9.17, 15) is 5.11 Å². The molecule has 1 N–H and O–H groups in total. The molecule has 1 aromatic heterocycles. The minimum absolute atomic E-state index is 0.228. The van der Waals surface area contributed by atoms with Gasteiger partial charge in [0.05, 0.1) is 6.10 Å². The summed E-state index contributed by atoms with van der Waals surface area (Å²) in [6, 6.07) is 2.65. The molecule has 0 bridgehead atoms. The van der Waals surface area contributed by atoms with Gasteiger partial charge in [0.2, 0.25) is 0 Å². The van der Waals surface area contributed by atoms with Gasteiger partial charge < -0.3 is 9.67 Å². The molecule has 0 aliphatic heterocycles. The van der Waals surface area contributed by atoms with Gasteiger partial charge in [0.1, 0.15) is 0 Å². The maximum atomic E-state index is 9.94. The Morgan fingerprint density at radius 3 is 2.94 bits per heavy atom. The number of aliphatic hydroxyl groups excluding tert-OH is 1. The predicted molar refractivity (Wildman–Crippen MR) is 66.5 cm³/mol. The lowest BCUT2D eigenvalue weighted by molar-refractivity contribution is 0.155. The first kappa shape index (κ1) is 11.7. The number of hydrogen-bond donors (Lipinski definition) is 1. The number of fused-ring (bicyclic) bond motifs is 1. The van der Waals surface area contributed by atoms with Crippen LogP contribution in [0.25, 0.3) is 0 Å². The molecule has 2 nitrogen and oxygen atoms in total. The van der Waals surface area contributed by atoms with E-state index < -0.39 is 0 Å². The molecule has 0 saturated heterocycles. The van der Waals surface area contributed by atoms with Crippen molar-refractivity contribution in [3.63, 3.8) is 0 Å². The van der Waals surface area contributed by atoms with E-state index in [2.05, 4.69) is 37.6 Å². The third kappa shape index (κ3) is 1.91. The molecule has 3 atom stereocenters. The molecule has 0 aromatic carbocycles. The Balaban J connectivity index is 2.29. The van der Waals surface area contributed by atoms with Gasteiger partial charge in [-0.25, -0.2) is 0 Å². The van der Waals surface area contributed by atoms with Crippen LogP contribution in [0.4, 0.5) is 0 Å². The Labute approximate surface area is 98.3 Å². The molecule has 2 heteroatoms. The monoisotopic (exact) mass is 221 g/mol. The molecule has 1 heterocycles. The maximum absolute atomic E-state index is 9.94. The van der Waals surface area contributed by atoms with E-state index in [-0.39, 0.29) is 6.10 Å². The minimum Gasteiger partial charge on any atom is -0.388 e. The van der Waals surface area contributed by atoms with E-state index in [0.717, 1.165) is 19.3 Å². The van der Waals surface area contributed by atoms with Gasteiger partial charge in [0.15, 0.2) is 0 Å². The van der Waals surface area contributed by atoms with Crippen molar-refractivity contribution in [1.82, 2.24) is 4.57 Å². The summed E-state index contributed by atoms with van der Waals surface area (Å²) >= 11 is 0. The Hall–Kier alpha value is -0.760. The molecule has 0 amide bonds. The zero-order chi connectivity index (χ0) is 11.7. The van der Waals surface area contributed by atoms with E-state index in [1.807, 2.05) is 0 Å². The maximum Gasteiger partial charge on any atom is 0.0807 e. The lowest BCUT2D eigenvalue weighted by Crippen LogP contribution is -2.18. The fraction of sp³-hybridized carbons (Fsp3) is 0.714. The number of nitrogens with zero attached hydrogens (tertiary/aromatic N) is 1. The molecule has 0 saturated carbocycles. The molecule has 3 unspecified atom stereocenters. The molecule has 1 aliphatic carbocycles. The smallest absolute Gasteiger partial charge is 0.0807 e. The largest absolute Gasteiger partial charge is 0.388 e. The number of aromatic nitrogens is 1. The fourth-order valence-electron chi connectivity index (χ4n) is 2.69. The van der Waals surface area contributed by atoms with Crippen LogP contribution in [0.1, 0.15) is 63.4 Å². The van der Waals surface area contributed by atoms with E-state index in [0.29, 0.717) is 12.0 Å². The van der Waals surface area contributed by atoms with Gasteiger partial charge in [-0.05, 0) is 38.2 Å². The summed E-state index contributed by atoms with van der Waals surface area (Å²) < 4.78 is 2.38. The second-order valence-corrected chi connectivity index (χ2v) is 5.16. The molecule has 1 aliphatic rings. The zero-order valence-corrected chi connectivity index (χ0v) is 10.6. The third-order valence-corrected chi connectivity index (χ3v) is 4.22. The minimum atomic E-state index is -0.228. The lowest BCUT2D eigenvalue weighted by Gasteiger charge is -2.26. The average Bonchev–Trinajstić information content (AvgIpc) is 2.72. The summed E-state index contributed by atoms with van der Waals surface area (Å²) in [5, 5.41) is 9.94. The molecular formula is C14H23NO. The Bertz CT molecular complexity index is 356. The fourth-order valence-corrected chi connectivity index (χ4v) is 2.69. The Morgan fingerprint density at radius 2 is 2.25 bits per heavy atom. The second kappa shape index (κ2) is 4.62. The SMILES string of the molecule is CCC(C)C(C)n1ccc2c1CCCC2O. The predicted octanol–water partition coefficient (Wildman–Crippen LogP) is 3.46. The molecule has 0 fully saturated rings.